The van der Waals surface area contributed by atoms with Gasteiger partial charge in [0.2, 0.25) is 0 Å². The van der Waals surface area contributed by atoms with E-state index in [1.165, 1.54) is 11.3 Å². The third-order valence-corrected chi connectivity index (χ3v) is 3.94. The standard InChI is InChI=1S/C10H12N4S2/c1-7(11-2)9-4-3-8(5-12-9)16-10-14-13-6-15-10/h3-7,11H,1-2H3. The minimum Gasteiger partial charge on any atom is -0.312 e. The average molecular weight is 252 g/mol. The Hall–Kier alpha value is -0.980. The summed E-state index contributed by atoms with van der Waals surface area (Å²) in [6, 6.07) is 4.37. The Bertz CT molecular complexity index is 427. The Morgan fingerprint density at radius 2 is 2.31 bits per heavy atom. The SMILES string of the molecule is CNC(C)c1ccc(Sc2nncs2)cn1. The summed E-state index contributed by atoms with van der Waals surface area (Å²) < 4.78 is 0.941. The minimum atomic E-state index is 0.278. The highest BCUT2D eigenvalue weighted by Crippen LogP contribution is 2.28. The maximum Gasteiger partial charge on any atom is 0.178 e. The van der Waals surface area contributed by atoms with Crippen LogP contribution in [0.2, 0.25) is 0 Å². The van der Waals surface area contributed by atoms with Crippen LogP contribution in [-0.2, 0) is 0 Å². The number of hydrogen-bond donors (Lipinski definition) is 1. The van der Waals surface area contributed by atoms with Crippen molar-refractivity contribution >= 4 is 23.1 Å². The quantitative estimate of drug-likeness (QED) is 0.905. The lowest BCUT2D eigenvalue weighted by molar-refractivity contribution is 0.631. The normalized spacial score (nSPS) is 12.6. The molecule has 6 heteroatoms. The average Bonchev–Trinajstić information content (AvgIpc) is 2.82. The monoisotopic (exact) mass is 252 g/mol. The first-order valence-electron chi connectivity index (χ1n) is 4.87. The molecule has 2 aromatic rings. The van der Waals surface area contributed by atoms with Gasteiger partial charge in [0.05, 0.1) is 5.69 Å². The van der Waals surface area contributed by atoms with Crippen LogP contribution in [0.1, 0.15) is 18.7 Å². The van der Waals surface area contributed by atoms with E-state index in [-0.39, 0.29) is 6.04 Å². The molecule has 84 valence electrons. The summed E-state index contributed by atoms with van der Waals surface area (Å²) >= 11 is 3.12. The zero-order valence-electron chi connectivity index (χ0n) is 9.04. The molecule has 0 amide bonds. The van der Waals surface area contributed by atoms with E-state index in [1.54, 1.807) is 17.3 Å². The molecule has 0 aliphatic rings. The van der Waals surface area contributed by atoms with E-state index < -0.39 is 0 Å². The van der Waals surface area contributed by atoms with Crippen molar-refractivity contribution in [2.45, 2.75) is 22.2 Å². The lowest BCUT2D eigenvalue weighted by Crippen LogP contribution is -2.13. The summed E-state index contributed by atoms with van der Waals surface area (Å²) in [5, 5.41) is 10.9. The van der Waals surface area contributed by atoms with Crippen LogP contribution in [0, 0.1) is 0 Å². The van der Waals surface area contributed by atoms with Gasteiger partial charge in [0.1, 0.15) is 5.51 Å². The lowest BCUT2D eigenvalue weighted by atomic mass is 10.2. The van der Waals surface area contributed by atoms with Gasteiger partial charge in [-0.15, -0.1) is 10.2 Å². The molecule has 0 fully saturated rings. The van der Waals surface area contributed by atoms with Crippen LogP contribution < -0.4 is 5.32 Å². The molecule has 0 saturated carbocycles. The third-order valence-electron chi connectivity index (χ3n) is 2.18. The maximum atomic E-state index is 4.40. The number of nitrogens with zero attached hydrogens (tertiary/aromatic N) is 3. The Balaban J connectivity index is 2.07. The highest BCUT2D eigenvalue weighted by Gasteiger charge is 2.05. The number of hydrogen-bond acceptors (Lipinski definition) is 6. The zero-order chi connectivity index (χ0) is 11.4. The van der Waals surface area contributed by atoms with Crippen molar-refractivity contribution in [1.82, 2.24) is 20.5 Å². The molecule has 0 aromatic carbocycles. The van der Waals surface area contributed by atoms with Crippen LogP contribution in [0.3, 0.4) is 0 Å². The molecule has 4 nitrogen and oxygen atoms in total. The highest BCUT2D eigenvalue weighted by molar-refractivity contribution is 8.01. The van der Waals surface area contributed by atoms with Gasteiger partial charge >= 0.3 is 0 Å². The maximum absolute atomic E-state index is 4.40. The van der Waals surface area contributed by atoms with E-state index in [0.717, 1.165) is 14.9 Å². The summed E-state index contributed by atoms with van der Waals surface area (Å²) in [7, 11) is 1.93. The fourth-order valence-corrected chi connectivity index (χ4v) is 2.58. The molecule has 1 atom stereocenters. The fraction of sp³-hybridized carbons (Fsp3) is 0.300. The Morgan fingerprint density at radius 1 is 1.44 bits per heavy atom. The first kappa shape index (κ1) is 11.5. The molecule has 0 saturated heterocycles. The molecule has 0 aliphatic heterocycles. The number of aromatic nitrogens is 3. The number of nitrogens with one attached hydrogen (secondary N) is 1. The van der Waals surface area contributed by atoms with Gasteiger partial charge < -0.3 is 5.32 Å². The smallest absolute Gasteiger partial charge is 0.178 e. The summed E-state index contributed by atoms with van der Waals surface area (Å²) in [5.74, 6) is 0. The van der Waals surface area contributed by atoms with Crippen molar-refractivity contribution in [2.75, 3.05) is 7.05 Å². The zero-order valence-corrected chi connectivity index (χ0v) is 10.7. The van der Waals surface area contributed by atoms with Gasteiger partial charge in [0.25, 0.3) is 0 Å². The molecule has 0 aliphatic carbocycles. The Kier molecular flexibility index (Phi) is 3.87. The summed E-state index contributed by atoms with van der Waals surface area (Å²) in [4.78, 5) is 5.49. The van der Waals surface area contributed by atoms with Crippen LogP contribution in [-0.4, -0.2) is 22.2 Å². The summed E-state index contributed by atoms with van der Waals surface area (Å²) in [5.41, 5.74) is 2.77. The molecule has 2 rings (SSSR count). The Labute approximate surface area is 103 Å². The second-order valence-electron chi connectivity index (χ2n) is 3.24. The van der Waals surface area contributed by atoms with Crippen molar-refractivity contribution in [1.29, 1.82) is 0 Å². The van der Waals surface area contributed by atoms with Crippen molar-refractivity contribution in [3.63, 3.8) is 0 Å². The molecule has 16 heavy (non-hydrogen) atoms. The van der Waals surface area contributed by atoms with E-state index in [2.05, 4.69) is 33.5 Å². The highest BCUT2D eigenvalue weighted by atomic mass is 32.2. The largest absolute Gasteiger partial charge is 0.312 e. The van der Waals surface area contributed by atoms with Crippen LogP contribution in [0.4, 0.5) is 0 Å². The van der Waals surface area contributed by atoms with Gasteiger partial charge in [0.15, 0.2) is 4.34 Å². The van der Waals surface area contributed by atoms with Crippen molar-refractivity contribution < 1.29 is 0 Å². The number of pyridine rings is 1. The van der Waals surface area contributed by atoms with E-state index >= 15 is 0 Å². The van der Waals surface area contributed by atoms with Gasteiger partial charge in [-0.05, 0) is 26.1 Å². The number of rotatable bonds is 4. The van der Waals surface area contributed by atoms with Gasteiger partial charge in [-0.1, -0.05) is 23.1 Å². The van der Waals surface area contributed by atoms with E-state index in [4.69, 9.17) is 0 Å². The molecular weight excluding hydrogens is 240 g/mol. The molecule has 0 radical (unpaired) electrons. The first-order valence-corrected chi connectivity index (χ1v) is 6.56. The van der Waals surface area contributed by atoms with Gasteiger partial charge in [-0.2, -0.15) is 0 Å². The van der Waals surface area contributed by atoms with Crippen LogP contribution >= 0.6 is 23.1 Å². The van der Waals surface area contributed by atoms with Gasteiger partial charge in [0, 0.05) is 17.1 Å². The van der Waals surface area contributed by atoms with Crippen LogP contribution in [0.25, 0.3) is 0 Å². The first-order chi connectivity index (χ1) is 7.79. The molecule has 2 aromatic heterocycles. The molecule has 2 heterocycles. The molecule has 0 spiro atoms. The van der Waals surface area contributed by atoms with Gasteiger partial charge in [-0.3, -0.25) is 4.98 Å². The van der Waals surface area contributed by atoms with E-state index in [9.17, 15) is 0 Å². The predicted octanol–water partition coefficient (Wildman–Crippen LogP) is 2.36. The van der Waals surface area contributed by atoms with Crippen LogP contribution in [0.15, 0.2) is 33.1 Å². The lowest BCUT2D eigenvalue weighted by Gasteiger charge is -2.09. The Morgan fingerprint density at radius 3 is 2.88 bits per heavy atom. The second-order valence-corrected chi connectivity index (χ2v) is 5.39. The third kappa shape index (κ3) is 2.78. The molecular formula is C10H12N4S2. The fourth-order valence-electron chi connectivity index (χ4n) is 1.16. The van der Waals surface area contributed by atoms with Crippen molar-refractivity contribution in [2.24, 2.45) is 0 Å². The topological polar surface area (TPSA) is 50.7 Å². The summed E-state index contributed by atoms with van der Waals surface area (Å²) in [6.45, 7) is 2.08. The molecule has 1 N–H and O–H groups in total. The molecule has 1 unspecified atom stereocenters. The van der Waals surface area contributed by atoms with Crippen LogP contribution in [0.5, 0.6) is 0 Å². The van der Waals surface area contributed by atoms with Gasteiger partial charge in [-0.25, -0.2) is 0 Å². The van der Waals surface area contributed by atoms with E-state index in [1.807, 2.05) is 19.3 Å². The second kappa shape index (κ2) is 5.38. The van der Waals surface area contributed by atoms with Crippen molar-refractivity contribution in [3.05, 3.63) is 29.5 Å². The molecule has 0 bridgehead atoms. The van der Waals surface area contributed by atoms with Crippen molar-refractivity contribution in [3.8, 4) is 0 Å². The van der Waals surface area contributed by atoms with E-state index in [0.29, 0.717) is 0 Å². The predicted molar refractivity (Wildman–Crippen MR) is 65.7 cm³/mol. The summed E-state index contributed by atoms with van der Waals surface area (Å²) in [6.07, 6.45) is 1.87. The minimum absolute atomic E-state index is 0.278.